The number of carbonyl (C=O) groups excluding carboxylic acids is 2. The number of nitrogens with zero attached hydrogens (tertiary/aromatic N) is 2. The number of hydrogen-bond donors (Lipinski definition) is 1. The molecule has 0 bridgehead atoms. The van der Waals surface area contributed by atoms with Gasteiger partial charge in [0, 0.05) is 18.7 Å². The Balaban J connectivity index is 2.30. The molecule has 2 aromatic rings. The molecule has 0 saturated carbocycles. The van der Waals surface area contributed by atoms with E-state index in [0.717, 1.165) is 6.07 Å². The summed E-state index contributed by atoms with van der Waals surface area (Å²) < 4.78 is 30.1. The highest BCUT2D eigenvalue weighted by molar-refractivity contribution is 6.46. The lowest BCUT2D eigenvalue weighted by atomic mass is 9.94. The minimum Gasteiger partial charge on any atom is -0.507 e. The van der Waals surface area contributed by atoms with Gasteiger partial charge in [0.15, 0.2) is 0 Å². The number of amides is 1. The van der Waals surface area contributed by atoms with Gasteiger partial charge >= 0.3 is 0 Å². The van der Waals surface area contributed by atoms with Gasteiger partial charge in [-0.05, 0) is 50.5 Å². The minimum absolute atomic E-state index is 0.0324. The molecule has 1 N–H and O–H groups in total. The average molecular weight is 458 g/mol. The van der Waals surface area contributed by atoms with Crippen LogP contribution in [0.1, 0.15) is 17.2 Å². The minimum atomic E-state index is -0.983. The smallest absolute Gasteiger partial charge is 0.295 e. The Bertz CT molecular complexity index is 1100. The third kappa shape index (κ3) is 4.63. The van der Waals surface area contributed by atoms with Crippen molar-refractivity contribution >= 4 is 17.4 Å². The van der Waals surface area contributed by atoms with Crippen molar-refractivity contribution in [3.63, 3.8) is 0 Å². The lowest BCUT2D eigenvalue weighted by Gasteiger charge is -2.28. The van der Waals surface area contributed by atoms with Crippen molar-refractivity contribution in [1.29, 1.82) is 0 Å². The monoisotopic (exact) mass is 458 g/mol. The molecule has 8 nitrogen and oxygen atoms in total. The molecule has 3 rings (SSSR count). The SMILES string of the molecule is COc1ccc(OC)c([C@H]2C(=C(O)c3cc(F)ccc3OC)C(=O)C(=O)N2CCN(C)C)c1. The molecule has 0 spiro atoms. The van der Waals surface area contributed by atoms with Crippen molar-refractivity contribution in [2.45, 2.75) is 6.04 Å². The van der Waals surface area contributed by atoms with E-state index in [2.05, 4.69) is 0 Å². The van der Waals surface area contributed by atoms with Crippen LogP contribution in [0.5, 0.6) is 17.2 Å². The third-order valence-corrected chi connectivity index (χ3v) is 5.48. The van der Waals surface area contributed by atoms with Crippen LogP contribution in [0.25, 0.3) is 5.76 Å². The Morgan fingerprint density at radius 2 is 1.70 bits per heavy atom. The molecule has 0 unspecified atom stereocenters. The number of methoxy groups -OCH3 is 3. The molecule has 1 saturated heterocycles. The fourth-order valence-electron chi connectivity index (χ4n) is 3.81. The summed E-state index contributed by atoms with van der Waals surface area (Å²) in [7, 11) is 8.01. The second kappa shape index (κ2) is 9.91. The van der Waals surface area contributed by atoms with Gasteiger partial charge in [0.2, 0.25) is 0 Å². The Morgan fingerprint density at radius 1 is 1.03 bits per heavy atom. The molecule has 0 radical (unpaired) electrons. The highest BCUT2D eigenvalue weighted by Crippen LogP contribution is 2.44. The standard InChI is InChI=1S/C24H27FN2O6/c1-26(2)10-11-27-21(16-13-15(31-3)7-9-18(16)32-4)20(23(29)24(27)30)22(28)17-12-14(25)6-8-19(17)33-5/h6-9,12-13,21,28H,10-11H2,1-5H3/t21-/m0/s1. The predicted molar refractivity (Wildman–Crippen MR) is 120 cm³/mol. The Kier molecular flexibility index (Phi) is 7.23. The Labute approximate surface area is 191 Å². The Morgan fingerprint density at radius 3 is 2.30 bits per heavy atom. The molecule has 1 heterocycles. The van der Waals surface area contributed by atoms with Gasteiger partial charge in [-0.2, -0.15) is 0 Å². The first kappa shape index (κ1) is 24.1. The molecule has 1 aliphatic heterocycles. The van der Waals surface area contributed by atoms with E-state index >= 15 is 0 Å². The number of halogens is 1. The van der Waals surface area contributed by atoms with Gasteiger partial charge < -0.3 is 29.1 Å². The van der Waals surface area contributed by atoms with Crippen molar-refractivity contribution in [1.82, 2.24) is 9.80 Å². The van der Waals surface area contributed by atoms with Crippen molar-refractivity contribution in [3.8, 4) is 17.2 Å². The first-order chi connectivity index (χ1) is 15.7. The molecule has 9 heteroatoms. The number of likely N-dealkylation sites (tertiary alicyclic amines) is 1. The number of aliphatic hydroxyl groups is 1. The van der Waals surface area contributed by atoms with Crippen LogP contribution in [0.3, 0.4) is 0 Å². The zero-order chi connectivity index (χ0) is 24.3. The Hall–Kier alpha value is -3.59. The zero-order valence-electron chi connectivity index (χ0n) is 19.2. The van der Waals surface area contributed by atoms with Crippen LogP contribution < -0.4 is 14.2 Å². The number of likely N-dealkylation sites (N-methyl/N-ethyl adjacent to an activating group) is 1. The van der Waals surface area contributed by atoms with Crippen molar-refractivity contribution in [2.24, 2.45) is 0 Å². The molecule has 1 aliphatic rings. The van der Waals surface area contributed by atoms with E-state index in [0.29, 0.717) is 23.6 Å². The molecule has 1 amide bonds. The van der Waals surface area contributed by atoms with E-state index in [-0.39, 0.29) is 23.4 Å². The topological polar surface area (TPSA) is 88.5 Å². The van der Waals surface area contributed by atoms with Gasteiger partial charge in [0.25, 0.3) is 11.7 Å². The molecular weight excluding hydrogens is 431 g/mol. The van der Waals surface area contributed by atoms with Gasteiger partial charge in [-0.3, -0.25) is 9.59 Å². The number of ether oxygens (including phenoxy) is 3. The van der Waals surface area contributed by atoms with Gasteiger partial charge in [-0.25, -0.2) is 4.39 Å². The van der Waals surface area contributed by atoms with Crippen molar-refractivity contribution in [3.05, 3.63) is 58.9 Å². The summed E-state index contributed by atoms with van der Waals surface area (Å²) in [4.78, 5) is 29.5. The number of rotatable bonds is 8. The number of hydrogen-bond acceptors (Lipinski definition) is 7. The summed E-state index contributed by atoms with van der Waals surface area (Å²) in [5.74, 6) is -1.79. The number of carbonyl (C=O) groups is 2. The normalized spacial score (nSPS) is 17.5. The predicted octanol–water partition coefficient (Wildman–Crippen LogP) is 2.83. The van der Waals surface area contributed by atoms with Crippen molar-refractivity contribution in [2.75, 3.05) is 48.5 Å². The quantitative estimate of drug-likeness (QED) is 0.370. The average Bonchev–Trinajstić information content (AvgIpc) is 3.06. The maximum Gasteiger partial charge on any atom is 0.295 e. The lowest BCUT2D eigenvalue weighted by molar-refractivity contribution is -0.140. The fraction of sp³-hybridized carbons (Fsp3) is 0.333. The van der Waals surface area contributed by atoms with E-state index in [4.69, 9.17) is 14.2 Å². The van der Waals surface area contributed by atoms with Crippen LogP contribution in [0.15, 0.2) is 42.0 Å². The highest BCUT2D eigenvalue weighted by atomic mass is 19.1. The van der Waals surface area contributed by atoms with Gasteiger partial charge in [-0.15, -0.1) is 0 Å². The van der Waals surface area contributed by atoms with E-state index in [9.17, 15) is 19.1 Å². The summed E-state index contributed by atoms with van der Waals surface area (Å²) in [6.07, 6.45) is 0. The lowest BCUT2D eigenvalue weighted by Crippen LogP contribution is -2.35. The summed E-state index contributed by atoms with van der Waals surface area (Å²) in [6, 6.07) is 7.58. The maximum atomic E-state index is 14.0. The molecule has 1 atom stereocenters. The highest BCUT2D eigenvalue weighted by Gasteiger charge is 2.47. The summed E-state index contributed by atoms with van der Waals surface area (Å²) >= 11 is 0. The molecular formula is C24H27FN2O6. The van der Waals surface area contributed by atoms with Crippen LogP contribution in [-0.4, -0.2) is 75.1 Å². The number of Topliss-reactive ketones (excluding diaryl/α,β-unsaturated/α-hetero) is 1. The second-order valence-corrected chi connectivity index (χ2v) is 7.75. The van der Waals surface area contributed by atoms with E-state index in [1.807, 2.05) is 19.0 Å². The molecule has 33 heavy (non-hydrogen) atoms. The summed E-state index contributed by atoms with van der Waals surface area (Å²) in [5.41, 5.74) is 0.232. The van der Waals surface area contributed by atoms with Gasteiger partial charge in [-0.1, -0.05) is 0 Å². The molecule has 0 aromatic heterocycles. The molecule has 176 valence electrons. The van der Waals surface area contributed by atoms with Gasteiger partial charge in [0.1, 0.15) is 28.8 Å². The van der Waals surface area contributed by atoms with Crippen LogP contribution in [0.4, 0.5) is 4.39 Å². The van der Waals surface area contributed by atoms with Crippen molar-refractivity contribution < 1.29 is 33.3 Å². The number of aliphatic hydroxyl groups excluding tert-OH is 1. The van der Waals surface area contributed by atoms with E-state index in [1.54, 1.807) is 18.2 Å². The van der Waals surface area contributed by atoms with Crippen LogP contribution >= 0.6 is 0 Å². The van der Waals surface area contributed by atoms with Crippen LogP contribution in [-0.2, 0) is 9.59 Å². The molecule has 0 aliphatic carbocycles. The zero-order valence-corrected chi connectivity index (χ0v) is 19.2. The van der Waals surface area contributed by atoms with Crippen LogP contribution in [0, 0.1) is 5.82 Å². The van der Waals surface area contributed by atoms with E-state index < -0.39 is 29.3 Å². The number of ketones is 1. The first-order valence-electron chi connectivity index (χ1n) is 10.2. The summed E-state index contributed by atoms with van der Waals surface area (Å²) in [5, 5.41) is 11.2. The first-order valence-corrected chi connectivity index (χ1v) is 10.2. The maximum absolute atomic E-state index is 14.0. The third-order valence-electron chi connectivity index (χ3n) is 5.48. The number of benzene rings is 2. The van der Waals surface area contributed by atoms with E-state index in [1.165, 1.54) is 38.4 Å². The molecule has 2 aromatic carbocycles. The fourth-order valence-corrected chi connectivity index (χ4v) is 3.81. The summed E-state index contributed by atoms with van der Waals surface area (Å²) in [6.45, 7) is 0.679. The second-order valence-electron chi connectivity index (χ2n) is 7.75. The largest absolute Gasteiger partial charge is 0.507 e. The van der Waals surface area contributed by atoms with Crippen LogP contribution in [0.2, 0.25) is 0 Å². The molecule has 1 fully saturated rings. The van der Waals surface area contributed by atoms with Gasteiger partial charge in [0.05, 0.1) is 38.5 Å².